The number of ether oxygens (including phenoxy) is 4. The van der Waals surface area contributed by atoms with E-state index < -0.39 is 97.5 Å². The lowest BCUT2D eigenvalue weighted by molar-refractivity contribution is -0.161. The lowest BCUT2D eigenvalue weighted by atomic mass is 10.1. The molecule has 0 rings (SSSR count). The van der Waals surface area contributed by atoms with Gasteiger partial charge in [0, 0.05) is 25.7 Å². The fraction of sp³-hybridized carbons (Fsp3) is 0.655. The highest BCUT2D eigenvalue weighted by atomic mass is 31.2. The third kappa shape index (κ3) is 76.9. The topological polar surface area (TPSA) is 237 Å². The first-order chi connectivity index (χ1) is 51.7. The maximum absolute atomic E-state index is 13.1. The van der Waals surface area contributed by atoms with Crippen molar-refractivity contribution in [3.8, 4) is 0 Å². The molecular weight excluding hydrogens is 1380 g/mol. The van der Waals surface area contributed by atoms with Crippen molar-refractivity contribution in [1.82, 2.24) is 0 Å². The summed E-state index contributed by atoms with van der Waals surface area (Å²) in [7, 11) is -10.00. The first-order valence-electron chi connectivity index (χ1n) is 40.7. The number of allylic oxidation sites excluding steroid dienone is 26. The second-order valence-corrected chi connectivity index (χ2v) is 29.5. The van der Waals surface area contributed by atoms with E-state index >= 15 is 0 Å². The number of phosphoric ester groups is 2. The van der Waals surface area contributed by atoms with Crippen LogP contribution in [-0.4, -0.2) is 96.7 Å². The lowest BCUT2D eigenvalue weighted by Crippen LogP contribution is -2.30. The monoisotopic (exact) mass is 1520 g/mol. The van der Waals surface area contributed by atoms with Crippen LogP contribution in [0.25, 0.3) is 0 Å². The lowest BCUT2D eigenvalue weighted by Gasteiger charge is -2.21. The summed E-state index contributed by atoms with van der Waals surface area (Å²) in [6.45, 7) is 4.47. The van der Waals surface area contributed by atoms with Gasteiger partial charge >= 0.3 is 39.5 Å². The highest BCUT2D eigenvalue weighted by Crippen LogP contribution is 2.45. The molecule has 17 nitrogen and oxygen atoms in total. The van der Waals surface area contributed by atoms with Crippen molar-refractivity contribution in [2.75, 3.05) is 39.6 Å². The van der Waals surface area contributed by atoms with E-state index in [9.17, 15) is 43.2 Å². The summed E-state index contributed by atoms with van der Waals surface area (Å²) in [4.78, 5) is 73.0. The summed E-state index contributed by atoms with van der Waals surface area (Å²) < 4.78 is 68.5. The van der Waals surface area contributed by atoms with Crippen LogP contribution < -0.4 is 0 Å². The van der Waals surface area contributed by atoms with Gasteiger partial charge in [-0.05, 0) is 154 Å². The van der Waals surface area contributed by atoms with Gasteiger partial charge in [0.2, 0.25) is 0 Å². The SMILES string of the molecule is CC/C=C\C/C=C\C/C=C\C/C=C\C/C=C\C/C=C\CCC(=O)OCC(COP(=O)(O)OCC(O)COP(=O)(O)OCC(COC(=O)CCCCCCCCC/C=C\C/C=C\C/C=C\CC)OC(=O)CCCCCCC/C=C\CCCC)OC(=O)CCCCCCCC/C=C\C/C=C\C/C=C\CCCCC. The van der Waals surface area contributed by atoms with E-state index in [4.69, 9.17) is 37.0 Å². The molecule has 0 aliphatic rings. The molecule has 0 saturated carbocycles. The van der Waals surface area contributed by atoms with Gasteiger partial charge in [-0.3, -0.25) is 37.3 Å². The van der Waals surface area contributed by atoms with Crippen LogP contribution in [0, 0.1) is 0 Å². The van der Waals surface area contributed by atoms with E-state index in [1.54, 1.807) is 0 Å². The summed E-state index contributed by atoms with van der Waals surface area (Å²) in [5.74, 6) is -2.31. The summed E-state index contributed by atoms with van der Waals surface area (Å²) in [6.07, 6.45) is 90.9. The fourth-order valence-corrected chi connectivity index (χ4v) is 11.9. The van der Waals surface area contributed by atoms with Gasteiger partial charge in [0.05, 0.1) is 26.4 Å². The fourth-order valence-electron chi connectivity index (χ4n) is 10.3. The Labute approximate surface area is 642 Å². The number of rotatable bonds is 75. The zero-order chi connectivity index (χ0) is 77.4. The standard InChI is InChI=1S/C87H144O17P2/c1-5-9-13-17-21-25-29-32-35-38-40-43-46-49-53-56-60-64-68-72-85(90)98-78-83(104-87(92)74-70-66-62-58-54-50-47-44-41-39-36-33-30-26-22-18-14-10-6-2)80-102-106(95,96)100-76-81(88)75-99-105(93,94)101-79-82(103-86(91)73-69-65-61-57-51-28-24-20-16-12-8-4)77-97-84(89)71-67-63-59-55-52-48-45-42-37-34-31-27-23-19-15-11-7-3/h9,11,13,15,20-27,32-37,40-41,43-44,49,53,60,64,81-83,88H,5-8,10,12,14,16-19,28-31,38-39,42,45-48,50-52,54-59,61-63,65-80H2,1-4H3,(H,93,94)(H,95,96)/b13-9-,15-11-,24-20-,25-21-,26-22-,27-23-,35-32-,36-33-,37-34-,43-40-,44-41-,53-49-,64-60-. The molecule has 3 N–H and O–H groups in total. The van der Waals surface area contributed by atoms with Gasteiger partial charge < -0.3 is 33.8 Å². The molecule has 5 atom stereocenters. The number of aliphatic hydroxyl groups is 1. The minimum Gasteiger partial charge on any atom is -0.462 e. The second-order valence-electron chi connectivity index (χ2n) is 26.6. The van der Waals surface area contributed by atoms with Crippen LogP contribution in [0.5, 0.6) is 0 Å². The van der Waals surface area contributed by atoms with Gasteiger partial charge in [0.15, 0.2) is 12.2 Å². The summed E-state index contributed by atoms with van der Waals surface area (Å²) in [5, 5.41) is 10.6. The van der Waals surface area contributed by atoms with Crippen LogP contribution in [-0.2, 0) is 65.4 Å². The molecular formula is C87H144O17P2. The molecule has 604 valence electrons. The largest absolute Gasteiger partial charge is 0.472 e. The second kappa shape index (κ2) is 77.8. The molecule has 0 aliphatic carbocycles. The molecule has 0 aliphatic heterocycles. The summed E-state index contributed by atoms with van der Waals surface area (Å²) in [5.41, 5.74) is 0. The normalized spacial score (nSPS) is 14.7. The Hall–Kier alpha value is -5.32. The first kappa shape index (κ1) is 101. The Bertz CT molecular complexity index is 2630. The number of unbranched alkanes of at least 4 members (excludes halogenated alkanes) is 23. The molecule has 0 fully saturated rings. The number of esters is 4. The van der Waals surface area contributed by atoms with Crippen LogP contribution in [0.3, 0.4) is 0 Å². The van der Waals surface area contributed by atoms with Crippen LogP contribution in [0.15, 0.2) is 158 Å². The summed E-state index contributed by atoms with van der Waals surface area (Å²) >= 11 is 0. The van der Waals surface area contributed by atoms with E-state index in [1.807, 2.05) is 18.2 Å². The number of aliphatic hydroxyl groups excluding tert-OH is 1. The molecule has 0 aromatic rings. The molecule has 0 heterocycles. The number of carbonyl (C=O) groups is 4. The molecule has 0 aromatic carbocycles. The minimum atomic E-state index is -5.01. The molecule has 0 spiro atoms. The van der Waals surface area contributed by atoms with Crippen molar-refractivity contribution in [2.24, 2.45) is 0 Å². The average Bonchev–Trinajstić information content (AvgIpc) is 0.901. The molecule has 106 heavy (non-hydrogen) atoms. The molecule has 0 bridgehead atoms. The maximum atomic E-state index is 13.1. The molecule has 19 heteroatoms. The van der Waals surface area contributed by atoms with E-state index in [0.717, 1.165) is 193 Å². The molecule has 0 aromatic heterocycles. The van der Waals surface area contributed by atoms with E-state index in [0.29, 0.717) is 32.1 Å². The number of carbonyl (C=O) groups excluding carboxylic acids is 4. The predicted octanol–water partition coefficient (Wildman–Crippen LogP) is 24.0. The Kier molecular flexibility index (Phi) is 73.9. The van der Waals surface area contributed by atoms with Crippen LogP contribution in [0.1, 0.15) is 310 Å². The zero-order valence-corrected chi connectivity index (χ0v) is 67.8. The van der Waals surface area contributed by atoms with Crippen molar-refractivity contribution in [3.05, 3.63) is 158 Å². The zero-order valence-electron chi connectivity index (χ0n) is 66.1. The van der Waals surface area contributed by atoms with E-state index in [-0.39, 0.29) is 25.7 Å². The number of hydrogen-bond acceptors (Lipinski definition) is 15. The van der Waals surface area contributed by atoms with Gasteiger partial charge in [0.25, 0.3) is 0 Å². The quantitative estimate of drug-likeness (QED) is 0.0169. The first-order valence-corrected chi connectivity index (χ1v) is 43.7. The smallest absolute Gasteiger partial charge is 0.462 e. The molecule has 5 unspecified atom stereocenters. The Balaban J connectivity index is 5.43. The third-order valence-electron chi connectivity index (χ3n) is 16.5. The van der Waals surface area contributed by atoms with E-state index in [2.05, 4.69) is 167 Å². The van der Waals surface area contributed by atoms with Gasteiger partial charge in [-0.15, -0.1) is 0 Å². The minimum absolute atomic E-state index is 0.0284. The van der Waals surface area contributed by atoms with Crippen molar-refractivity contribution >= 4 is 39.5 Å². The van der Waals surface area contributed by atoms with Crippen molar-refractivity contribution < 1.29 is 80.2 Å². The molecule has 0 saturated heterocycles. The van der Waals surface area contributed by atoms with Gasteiger partial charge in [-0.25, -0.2) is 9.13 Å². The van der Waals surface area contributed by atoms with Gasteiger partial charge in [-0.1, -0.05) is 288 Å². The third-order valence-corrected chi connectivity index (χ3v) is 18.4. The Morgan fingerprint density at radius 2 is 0.519 bits per heavy atom. The predicted molar refractivity (Wildman–Crippen MR) is 436 cm³/mol. The van der Waals surface area contributed by atoms with Crippen LogP contribution in [0.4, 0.5) is 0 Å². The van der Waals surface area contributed by atoms with Crippen LogP contribution in [0.2, 0.25) is 0 Å². The summed E-state index contributed by atoms with van der Waals surface area (Å²) in [6, 6.07) is 0. The maximum Gasteiger partial charge on any atom is 0.472 e. The van der Waals surface area contributed by atoms with Crippen LogP contribution >= 0.6 is 15.6 Å². The van der Waals surface area contributed by atoms with E-state index in [1.165, 1.54) is 32.1 Å². The Morgan fingerprint density at radius 1 is 0.274 bits per heavy atom. The molecule has 0 amide bonds. The highest BCUT2D eigenvalue weighted by molar-refractivity contribution is 7.47. The van der Waals surface area contributed by atoms with Gasteiger partial charge in [0.1, 0.15) is 19.3 Å². The average molecular weight is 1520 g/mol. The van der Waals surface area contributed by atoms with Gasteiger partial charge in [-0.2, -0.15) is 0 Å². The number of phosphoric acid groups is 2. The highest BCUT2D eigenvalue weighted by Gasteiger charge is 2.30. The van der Waals surface area contributed by atoms with Crippen molar-refractivity contribution in [1.29, 1.82) is 0 Å². The van der Waals surface area contributed by atoms with Crippen molar-refractivity contribution in [3.63, 3.8) is 0 Å². The Morgan fingerprint density at radius 3 is 0.849 bits per heavy atom. The molecule has 0 radical (unpaired) electrons. The number of hydrogen-bond donors (Lipinski definition) is 3. The van der Waals surface area contributed by atoms with Crippen molar-refractivity contribution in [2.45, 2.75) is 329 Å².